The predicted molar refractivity (Wildman–Crippen MR) is 71.3 cm³/mol. The summed E-state index contributed by atoms with van der Waals surface area (Å²) in [7, 11) is 1.52. The molecule has 0 unspecified atom stereocenters. The highest BCUT2D eigenvalue weighted by Gasteiger charge is 2.18. The molecule has 0 bridgehead atoms. The van der Waals surface area contributed by atoms with Crippen LogP contribution in [-0.4, -0.2) is 23.8 Å². The van der Waals surface area contributed by atoms with Gasteiger partial charge >= 0.3 is 0 Å². The van der Waals surface area contributed by atoms with Crippen LogP contribution in [0.5, 0.6) is 0 Å². The van der Waals surface area contributed by atoms with Gasteiger partial charge in [0.1, 0.15) is 0 Å². The van der Waals surface area contributed by atoms with E-state index in [2.05, 4.69) is 0 Å². The number of benzene rings is 2. The molecule has 0 fully saturated rings. The maximum Gasteiger partial charge on any atom is 0.260 e. The Kier molecular flexibility index (Phi) is 3.42. The number of carbonyl (C=O) groups is 2. The molecule has 3 heteroatoms. The minimum Gasteiger partial charge on any atom is -0.282 e. The summed E-state index contributed by atoms with van der Waals surface area (Å²) in [5, 5.41) is 1.88. The average molecular weight is 241 g/mol. The zero-order valence-electron chi connectivity index (χ0n) is 10.5. The molecule has 18 heavy (non-hydrogen) atoms. The van der Waals surface area contributed by atoms with Gasteiger partial charge in [-0.25, -0.2) is 0 Å². The largest absolute Gasteiger partial charge is 0.282 e. The van der Waals surface area contributed by atoms with E-state index in [1.807, 2.05) is 36.4 Å². The van der Waals surface area contributed by atoms with Gasteiger partial charge in [-0.2, -0.15) is 0 Å². The first kappa shape index (κ1) is 12.3. The van der Waals surface area contributed by atoms with E-state index >= 15 is 0 Å². The molecule has 0 N–H and O–H groups in total. The maximum absolute atomic E-state index is 12.3. The molecule has 0 aliphatic heterocycles. The Hall–Kier alpha value is -2.16. The molecule has 2 amide bonds. The summed E-state index contributed by atoms with van der Waals surface area (Å²) in [5.41, 5.74) is 0.567. The summed E-state index contributed by atoms with van der Waals surface area (Å²) in [6.07, 6.45) is 0.326. The van der Waals surface area contributed by atoms with Crippen molar-refractivity contribution in [3.8, 4) is 0 Å². The molecule has 2 aromatic carbocycles. The van der Waals surface area contributed by atoms with Crippen molar-refractivity contribution >= 4 is 22.6 Å². The van der Waals surface area contributed by atoms with Gasteiger partial charge < -0.3 is 0 Å². The Morgan fingerprint density at radius 1 is 1.06 bits per heavy atom. The standard InChI is InChI=1S/C15H15NO2/c1-3-14(17)16(2)15(18)13-10-6-8-11-7-4-5-9-12(11)13/h4-10H,3H2,1-2H3. The molecular weight excluding hydrogens is 226 g/mol. The van der Waals surface area contributed by atoms with Gasteiger partial charge in [-0.1, -0.05) is 43.3 Å². The van der Waals surface area contributed by atoms with Gasteiger partial charge in [-0.05, 0) is 16.8 Å². The maximum atomic E-state index is 12.3. The Bertz CT molecular complexity index is 599. The third-order valence-corrected chi connectivity index (χ3v) is 3.00. The highest BCUT2D eigenvalue weighted by atomic mass is 16.2. The fourth-order valence-corrected chi connectivity index (χ4v) is 1.94. The number of carbonyl (C=O) groups excluding carboxylic acids is 2. The van der Waals surface area contributed by atoms with E-state index in [4.69, 9.17) is 0 Å². The molecule has 0 atom stereocenters. The van der Waals surface area contributed by atoms with Crippen LogP contribution in [0.15, 0.2) is 42.5 Å². The lowest BCUT2D eigenvalue weighted by atomic mass is 10.0. The van der Waals surface area contributed by atoms with E-state index in [1.54, 1.807) is 13.0 Å². The van der Waals surface area contributed by atoms with Crippen LogP contribution in [0, 0.1) is 0 Å². The van der Waals surface area contributed by atoms with E-state index < -0.39 is 0 Å². The summed E-state index contributed by atoms with van der Waals surface area (Å²) < 4.78 is 0. The summed E-state index contributed by atoms with van der Waals surface area (Å²) in [5.74, 6) is -0.424. The van der Waals surface area contributed by atoms with Crippen molar-refractivity contribution in [1.82, 2.24) is 4.90 Å². The van der Waals surface area contributed by atoms with Crippen LogP contribution in [0.25, 0.3) is 10.8 Å². The second-order valence-electron chi connectivity index (χ2n) is 4.14. The van der Waals surface area contributed by atoms with Gasteiger partial charge in [0.15, 0.2) is 0 Å². The van der Waals surface area contributed by atoms with Crippen LogP contribution in [0.2, 0.25) is 0 Å². The molecule has 2 rings (SSSR count). The minimum atomic E-state index is -0.251. The number of fused-ring (bicyclic) bond motifs is 1. The highest BCUT2D eigenvalue weighted by Crippen LogP contribution is 2.19. The summed E-state index contributed by atoms with van der Waals surface area (Å²) in [4.78, 5) is 25.0. The first-order valence-electron chi connectivity index (χ1n) is 5.93. The van der Waals surface area contributed by atoms with Crippen molar-refractivity contribution in [2.75, 3.05) is 7.05 Å². The van der Waals surface area contributed by atoms with E-state index in [-0.39, 0.29) is 11.8 Å². The first-order valence-corrected chi connectivity index (χ1v) is 5.93. The second kappa shape index (κ2) is 5.00. The van der Waals surface area contributed by atoms with Crippen molar-refractivity contribution in [2.45, 2.75) is 13.3 Å². The van der Waals surface area contributed by atoms with Crippen molar-refractivity contribution in [3.05, 3.63) is 48.0 Å². The van der Waals surface area contributed by atoms with Crippen molar-refractivity contribution in [1.29, 1.82) is 0 Å². The third kappa shape index (κ3) is 2.12. The summed E-state index contributed by atoms with van der Waals surface area (Å²) in [6.45, 7) is 1.75. The van der Waals surface area contributed by atoms with Crippen LogP contribution >= 0.6 is 0 Å². The van der Waals surface area contributed by atoms with E-state index in [0.717, 1.165) is 10.8 Å². The highest BCUT2D eigenvalue weighted by molar-refractivity contribution is 6.11. The van der Waals surface area contributed by atoms with Gasteiger partial charge in [0.25, 0.3) is 5.91 Å². The number of amides is 2. The monoisotopic (exact) mass is 241 g/mol. The van der Waals surface area contributed by atoms with Gasteiger partial charge in [0, 0.05) is 19.0 Å². The van der Waals surface area contributed by atoms with Gasteiger partial charge in [0.2, 0.25) is 5.91 Å². The molecule has 0 saturated carbocycles. The first-order chi connectivity index (χ1) is 8.65. The molecule has 0 aromatic heterocycles. The van der Waals surface area contributed by atoms with E-state index in [0.29, 0.717) is 12.0 Å². The normalized spacial score (nSPS) is 10.3. The average Bonchev–Trinajstić information content (AvgIpc) is 2.44. The zero-order valence-corrected chi connectivity index (χ0v) is 10.5. The van der Waals surface area contributed by atoms with Crippen LogP contribution in [-0.2, 0) is 4.79 Å². The zero-order chi connectivity index (χ0) is 13.1. The van der Waals surface area contributed by atoms with Gasteiger partial charge in [-0.3, -0.25) is 14.5 Å². The van der Waals surface area contributed by atoms with Gasteiger partial charge in [0.05, 0.1) is 0 Å². The fraction of sp³-hybridized carbons (Fsp3) is 0.200. The summed E-state index contributed by atoms with van der Waals surface area (Å²) in [6, 6.07) is 13.2. The molecule has 92 valence electrons. The SMILES string of the molecule is CCC(=O)N(C)C(=O)c1cccc2ccccc12. The lowest BCUT2D eigenvalue weighted by Gasteiger charge is -2.15. The van der Waals surface area contributed by atoms with Crippen LogP contribution in [0.4, 0.5) is 0 Å². The topological polar surface area (TPSA) is 37.4 Å². The van der Waals surface area contributed by atoms with Crippen LogP contribution in [0.1, 0.15) is 23.7 Å². The Labute approximate surface area is 106 Å². The molecule has 2 aromatic rings. The summed E-state index contributed by atoms with van der Waals surface area (Å²) >= 11 is 0. The van der Waals surface area contributed by atoms with Crippen molar-refractivity contribution in [2.24, 2.45) is 0 Å². The second-order valence-corrected chi connectivity index (χ2v) is 4.14. The minimum absolute atomic E-state index is 0.173. The predicted octanol–water partition coefficient (Wildman–Crippen LogP) is 2.85. The number of hydrogen-bond donors (Lipinski definition) is 0. The molecule has 0 spiro atoms. The fourth-order valence-electron chi connectivity index (χ4n) is 1.94. The number of nitrogens with zero attached hydrogens (tertiary/aromatic N) is 1. The van der Waals surface area contributed by atoms with Crippen LogP contribution in [0.3, 0.4) is 0 Å². The molecular formula is C15H15NO2. The quantitative estimate of drug-likeness (QED) is 0.810. The van der Waals surface area contributed by atoms with Crippen molar-refractivity contribution < 1.29 is 9.59 Å². The molecule has 0 saturated heterocycles. The molecule has 0 radical (unpaired) electrons. The Balaban J connectivity index is 2.48. The smallest absolute Gasteiger partial charge is 0.260 e. The molecule has 0 aliphatic carbocycles. The Morgan fingerprint density at radius 3 is 2.44 bits per heavy atom. The van der Waals surface area contributed by atoms with Crippen molar-refractivity contribution in [3.63, 3.8) is 0 Å². The number of imide groups is 1. The van der Waals surface area contributed by atoms with Crippen LogP contribution < -0.4 is 0 Å². The number of hydrogen-bond acceptors (Lipinski definition) is 2. The number of rotatable bonds is 2. The Morgan fingerprint density at radius 2 is 1.72 bits per heavy atom. The van der Waals surface area contributed by atoms with E-state index in [9.17, 15) is 9.59 Å². The van der Waals surface area contributed by atoms with E-state index in [1.165, 1.54) is 11.9 Å². The van der Waals surface area contributed by atoms with Gasteiger partial charge in [-0.15, -0.1) is 0 Å². The third-order valence-electron chi connectivity index (χ3n) is 3.00. The molecule has 0 aliphatic rings. The molecule has 3 nitrogen and oxygen atoms in total. The lowest BCUT2D eigenvalue weighted by molar-refractivity contribution is -0.127. The molecule has 0 heterocycles. The lowest BCUT2D eigenvalue weighted by Crippen LogP contribution is -2.32.